The third kappa shape index (κ3) is 2.30. The molecule has 0 aliphatic carbocycles. The third-order valence-electron chi connectivity index (χ3n) is 5.43. The van der Waals surface area contributed by atoms with Crippen molar-refractivity contribution in [2.24, 2.45) is 0 Å². The lowest BCUT2D eigenvalue weighted by Gasteiger charge is -2.28. The predicted molar refractivity (Wildman–Crippen MR) is 95.8 cm³/mol. The van der Waals surface area contributed by atoms with E-state index in [-0.39, 0.29) is 18.6 Å². The van der Waals surface area contributed by atoms with Gasteiger partial charge in [0.25, 0.3) is 5.91 Å². The van der Waals surface area contributed by atoms with E-state index in [0.29, 0.717) is 30.3 Å². The summed E-state index contributed by atoms with van der Waals surface area (Å²) in [6.45, 7) is 1.28. The normalized spacial score (nSPS) is 26.9. The number of imide groups is 1. The lowest BCUT2D eigenvalue weighted by Crippen LogP contribution is -2.52. The standard InChI is InChI=1S/C19H18N4O4/c1-22-9-14(12-4-5-15-16(7-12)27-11-26-15)19(10-22)17(24)23(18(25)21-19)13-3-2-6-20-8-13/h2-8,14H,9-11H2,1H3,(H,21,25)/t14-,19+/m1/s1. The Balaban J connectivity index is 1.56. The predicted octanol–water partition coefficient (Wildman–Crippen LogP) is 1.33. The van der Waals surface area contributed by atoms with Crippen molar-refractivity contribution < 1.29 is 19.1 Å². The number of ether oxygens (including phenoxy) is 2. The van der Waals surface area contributed by atoms with Crippen LogP contribution in [0.5, 0.6) is 11.5 Å². The van der Waals surface area contributed by atoms with Gasteiger partial charge in [0.15, 0.2) is 11.5 Å². The summed E-state index contributed by atoms with van der Waals surface area (Å²) < 4.78 is 10.9. The molecule has 3 amide bonds. The van der Waals surface area contributed by atoms with Crippen LogP contribution < -0.4 is 19.7 Å². The highest BCUT2D eigenvalue weighted by Gasteiger charge is 2.60. The maximum Gasteiger partial charge on any atom is 0.329 e. The van der Waals surface area contributed by atoms with Crippen molar-refractivity contribution in [1.29, 1.82) is 0 Å². The molecular weight excluding hydrogens is 348 g/mol. The van der Waals surface area contributed by atoms with Crippen LogP contribution in [0.25, 0.3) is 0 Å². The summed E-state index contributed by atoms with van der Waals surface area (Å²) >= 11 is 0. The molecule has 5 rings (SSSR count). The Kier molecular flexibility index (Phi) is 3.38. The molecular formula is C19H18N4O4. The highest BCUT2D eigenvalue weighted by molar-refractivity contribution is 6.24. The summed E-state index contributed by atoms with van der Waals surface area (Å²) in [5.74, 6) is 0.902. The van der Waals surface area contributed by atoms with Gasteiger partial charge in [-0.2, -0.15) is 0 Å². The van der Waals surface area contributed by atoms with Crippen LogP contribution in [0, 0.1) is 0 Å². The number of hydrogen-bond donors (Lipinski definition) is 1. The van der Waals surface area contributed by atoms with Crippen LogP contribution in [-0.4, -0.2) is 54.3 Å². The molecule has 1 spiro atoms. The van der Waals surface area contributed by atoms with Crippen LogP contribution in [0.15, 0.2) is 42.7 Å². The number of amides is 3. The van der Waals surface area contributed by atoms with Crippen LogP contribution in [0.4, 0.5) is 10.5 Å². The van der Waals surface area contributed by atoms with Gasteiger partial charge in [-0.3, -0.25) is 9.78 Å². The fourth-order valence-electron chi connectivity index (χ4n) is 4.24. The molecule has 0 bridgehead atoms. The molecule has 1 N–H and O–H groups in total. The third-order valence-corrected chi connectivity index (χ3v) is 5.43. The van der Waals surface area contributed by atoms with E-state index in [1.165, 1.54) is 11.1 Å². The number of pyridine rings is 1. The summed E-state index contributed by atoms with van der Waals surface area (Å²) in [5.41, 5.74) is 0.385. The average Bonchev–Trinajstić information content (AvgIpc) is 3.32. The number of aromatic nitrogens is 1. The topological polar surface area (TPSA) is 84.0 Å². The van der Waals surface area contributed by atoms with Crippen LogP contribution in [0.1, 0.15) is 11.5 Å². The minimum atomic E-state index is -1.02. The maximum atomic E-state index is 13.4. The number of nitrogens with zero attached hydrogens (tertiary/aromatic N) is 3. The molecule has 1 aromatic carbocycles. The van der Waals surface area contributed by atoms with E-state index >= 15 is 0 Å². The fraction of sp³-hybridized carbons (Fsp3) is 0.316. The molecule has 8 nitrogen and oxygen atoms in total. The molecule has 1 aromatic heterocycles. The number of carbonyl (C=O) groups is 2. The Morgan fingerprint density at radius 2 is 2.07 bits per heavy atom. The van der Waals surface area contributed by atoms with Crippen molar-refractivity contribution in [2.75, 3.05) is 31.8 Å². The number of fused-ring (bicyclic) bond motifs is 1. The van der Waals surface area contributed by atoms with Gasteiger partial charge in [0, 0.05) is 25.2 Å². The zero-order chi connectivity index (χ0) is 18.6. The Bertz CT molecular complexity index is 935. The molecule has 0 saturated carbocycles. The van der Waals surface area contributed by atoms with E-state index in [0.717, 1.165) is 5.56 Å². The zero-order valence-corrected chi connectivity index (χ0v) is 14.7. The number of likely N-dealkylation sites (N-methyl/N-ethyl adjacent to an activating group) is 1. The zero-order valence-electron chi connectivity index (χ0n) is 14.7. The highest BCUT2D eigenvalue weighted by atomic mass is 16.7. The van der Waals surface area contributed by atoms with Crippen LogP contribution >= 0.6 is 0 Å². The summed E-state index contributed by atoms with van der Waals surface area (Å²) in [6, 6.07) is 8.68. The van der Waals surface area contributed by atoms with Crippen molar-refractivity contribution in [3.63, 3.8) is 0 Å². The quantitative estimate of drug-likeness (QED) is 0.808. The number of hydrogen-bond acceptors (Lipinski definition) is 6. The summed E-state index contributed by atoms with van der Waals surface area (Å²) in [7, 11) is 1.95. The van der Waals surface area contributed by atoms with Gasteiger partial charge in [-0.25, -0.2) is 9.69 Å². The smallest absolute Gasteiger partial charge is 0.329 e. The first-order valence-corrected chi connectivity index (χ1v) is 8.73. The molecule has 2 atom stereocenters. The first-order valence-electron chi connectivity index (χ1n) is 8.73. The number of likely N-dealkylation sites (tertiary alicyclic amines) is 1. The van der Waals surface area contributed by atoms with E-state index < -0.39 is 11.6 Å². The Labute approximate surface area is 155 Å². The van der Waals surface area contributed by atoms with Crippen molar-refractivity contribution in [1.82, 2.24) is 15.2 Å². The molecule has 0 unspecified atom stereocenters. The van der Waals surface area contributed by atoms with Gasteiger partial charge in [-0.15, -0.1) is 0 Å². The molecule has 138 valence electrons. The van der Waals surface area contributed by atoms with Gasteiger partial charge >= 0.3 is 6.03 Å². The Morgan fingerprint density at radius 1 is 1.22 bits per heavy atom. The van der Waals surface area contributed by atoms with Gasteiger partial charge in [0.2, 0.25) is 6.79 Å². The number of nitrogens with one attached hydrogen (secondary N) is 1. The minimum absolute atomic E-state index is 0.193. The van der Waals surface area contributed by atoms with Crippen LogP contribution in [0.3, 0.4) is 0 Å². The van der Waals surface area contributed by atoms with Crippen molar-refractivity contribution in [2.45, 2.75) is 11.5 Å². The van der Waals surface area contributed by atoms with Gasteiger partial charge in [-0.05, 0) is 36.9 Å². The lowest BCUT2D eigenvalue weighted by molar-refractivity contribution is -0.122. The van der Waals surface area contributed by atoms with Crippen LogP contribution in [0.2, 0.25) is 0 Å². The van der Waals surface area contributed by atoms with E-state index in [9.17, 15) is 9.59 Å². The van der Waals surface area contributed by atoms with E-state index in [1.54, 1.807) is 18.3 Å². The molecule has 2 aromatic rings. The van der Waals surface area contributed by atoms with Gasteiger partial charge in [-0.1, -0.05) is 6.07 Å². The second-order valence-electron chi connectivity index (χ2n) is 7.12. The molecule has 3 aliphatic rings. The summed E-state index contributed by atoms with van der Waals surface area (Å²) in [4.78, 5) is 33.4. The number of rotatable bonds is 2. The molecule has 2 fully saturated rings. The first kappa shape index (κ1) is 16.1. The summed E-state index contributed by atoms with van der Waals surface area (Å²) in [5, 5.41) is 2.97. The molecule has 2 saturated heterocycles. The minimum Gasteiger partial charge on any atom is -0.454 e. The average molecular weight is 366 g/mol. The number of benzene rings is 1. The molecule has 4 heterocycles. The molecule has 27 heavy (non-hydrogen) atoms. The second-order valence-corrected chi connectivity index (χ2v) is 7.12. The largest absolute Gasteiger partial charge is 0.454 e. The SMILES string of the molecule is CN1C[C@H](c2ccc3c(c2)OCO3)[C@]2(C1)NC(=O)N(c1cccnc1)C2=O. The Hall–Kier alpha value is -3.13. The van der Waals surface area contributed by atoms with Gasteiger partial charge < -0.3 is 19.7 Å². The van der Waals surface area contributed by atoms with Gasteiger partial charge in [0.05, 0.1) is 11.9 Å². The van der Waals surface area contributed by atoms with Gasteiger partial charge in [0.1, 0.15) is 5.54 Å². The van der Waals surface area contributed by atoms with Crippen molar-refractivity contribution in [3.8, 4) is 11.5 Å². The number of urea groups is 1. The van der Waals surface area contributed by atoms with Crippen LogP contribution in [-0.2, 0) is 4.79 Å². The van der Waals surface area contributed by atoms with E-state index in [1.807, 2.05) is 25.2 Å². The number of anilines is 1. The molecule has 3 aliphatic heterocycles. The van der Waals surface area contributed by atoms with Crippen molar-refractivity contribution in [3.05, 3.63) is 48.3 Å². The number of carbonyl (C=O) groups excluding carboxylic acids is 2. The van der Waals surface area contributed by atoms with Crippen molar-refractivity contribution >= 4 is 17.6 Å². The molecule has 8 heteroatoms. The van der Waals surface area contributed by atoms with E-state index in [4.69, 9.17) is 9.47 Å². The van der Waals surface area contributed by atoms with E-state index in [2.05, 4.69) is 15.2 Å². The second kappa shape index (κ2) is 5.68. The highest BCUT2D eigenvalue weighted by Crippen LogP contribution is 2.43. The Morgan fingerprint density at radius 3 is 2.89 bits per heavy atom. The first-order chi connectivity index (χ1) is 13.1. The monoisotopic (exact) mass is 366 g/mol. The fourth-order valence-corrected chi connectivity index (χ4v) is 4.24. The maximum absolute atomic E-state index is 13.4. The molecule has 0 radical (unpaired) electrons. The lowest BCUT2D eigenvalue weighted by atomic mass is 9.81. The summed E-state index contributed by atoms with van der Waals surface area (Å²) in [6.07, 6.45) is 3.13.